The van der Waals surface area contributed by atoms with Crippen LogP contribution in [0.25, 0.3) is 105 Å². The van der Waals surface area contributed by atoms with Crippen molar-refractivity contribution in [2.45, 2.75) is 6.92 Å². The first-order chi connectivity index (χ1) is 25.2. The predicted molar refractivity (Wildman–Crippen MR) is 219 cm³/mol. The molecule has 2 heterocycles. The summed E-state index contributed by atoms with van der Waals surface area (Å²) >= 11 is 0. The van der Waals surface area contributed by atoms with Crippen LogP contribution in [0.4, 0.5) is 0 Å². The molecule has 10 rings (SSSR count). The lowest BCUT2D eigenvalue weighted by atomic mass is 9.85. The first-order valence-corrected chi connectivity index (χ1v) is 17.5. The zero-order chi connectivity index (χ0) is 34.1. The molecule has 0 N–H and O–H groups in total. The van der Waals surface area contributed by atoms with Gasteiger partial charge in [0.2, 0.25) is 0 Å². The number of para-hydroxylation sites is 1. The van der Waals surface area contributed by atoms with Crippen LogP contribution in [-0.2, 0) is 0 Å². The van der Waals surface area contributed by atoms with Crippen LogP contribution in [0.5, 0.6) is 0 Å². The number of hydrogen-bond acceptors (Lipinski definition) is 1. The van der Waals surface area contributed by atoms with Crippen LogP contribution < -0.4 is 0 Å². The van der Waals surface area contributed by atoms with E-state index in [4.69, 9.17) is 4.42 Å². The number of nitrogens with zero attached hydrogens (tertiary/aromatic N) is 1. The van der Waals surface area contributed by atoms with Crippen molar-refractivity contribution < 1.29 is 4.42 Å². The fourth-order valence-electron chi connectivity index (χ4n) is 8.34. The average molecular weight is 652 g/mol. The summed E-state index contributed by atoms with van der Waals surface area (Å²) in [6.07, 6.45) is 6.29. The number of allylic oxidation sites excluding steroid dienone is 1. The lowest BCUT2D eigenvalue weighted by molar-refractivity contribution is 0.669. The summed E-state index contributed by atoms with van der Waals surface area (Å²) in [7, 11) is 0. The van der Waals surface area contributed by atoms with E-state index in [1.807, 2.05) is 6.08 Å². The fraction of sp³-hybridized carbons (Fsp3) is 0.0204. The molecule has 0 aliphatic rings. The summed E-state index contributed by atoms with van der Waals surface area (Å²) < 4.78 is 8.74. The first-order valence-electron chi connectivity index (χ1n) is 17.5. The van der Waals surface area contributed by atoms with Gasteiger partial charge in [0, 0.05) is 27.4 Å². The molecule has 0 bridgehead atoms. The number of aromatic nitrogens is 1. The molecule has 0 spiro atoms. The minimum absolute atomic E-state index is 0.904. The van der Waals surface area contributed by atoms with Gasteiger partial charge < -0.3 is 8.98 Å². The second-order valence-electron chi connectivity index (χ2n) is 13.2. The van der Waals surface area contributed by atoms with E-state index in [0.29, 0.717) is 0 Å². The maximum absolute atomic E-state index is 6.40. The standard InChI is InChI=1S/C49H33NO/c1-3-14-43-35(4-2)41-29-32(23-26-44(41)50(43)34-16-6-5-7-17-34)47-37-19-10-12-21-39(37)48(40-22-13-11-20-38(40)47)33-25-27-45-42(30-33)49-36-18-9-8-15-31(36)24-28-46(49)51-45/h3-30H,2H2,1H3/b14-3-. The highest BCUT2D eigenvalue weighted by molar-refractivity contribution is 6.24. The van der Waals surface area contributed by atoms with Gasteiger partial charge in [-0.25, -0.2) is 0 Å². The van der Waals surface area contributed by atoms with E-state index in [9.17, 15) is 0 Å². The van der Waals surface area contributed by atoms with Gasteiger partial charge in [-0.3, -0.25) is 0 Å². The molecule has 8 aromatic carbocycles. The van der Waals surface area contributed by atoms with Crippen LogP contribution >= 0.6 is 0 Å². The Balaban J connectivity index is 1.26. The van der Waals surface area contributed by atoms with Gasteiger partial charge in [-0.1, -0.05) is 128 Å². The van der Waals surface area contributed by atoms with E-state index >= 15 is 0 Å². The van der Waals surface area contributed by atoms with Crippen LogP contribution in [-0.4, -0.2) is 4.57 Å². The van der Waals surface area contributed by atoms with Gasteiger partial charge in [-0.2, -0.15) is 0 Å². The average Bonchev–Trinajstić information content (AvgIpc) is 3.72. The molecule has 2 aromatic heterocycles. The summed E-state index contributed by atoms with van der Waals surface area (Å²) in [4.78, 5) is 0. The minimum atomic E-state index is 0.904. The molecule has 0 atom stereocenters. The number of benzene rings is 8. The third kappa shape index (κ3) is 4.36. The monoisotopic (exact) mass is 651 g/mol. The Morgan fingerprint density at radius 1 is 0.529 bits per heavy atom. The zero-order valence-corrected chi connectivity index (χ0v) is 28.2. The molecule has 0 saturated heterocycles. The highest BCUT2D eigenvalue weighted by Crippen LogP contribution is 2.46. The third-order valence-electron chi connectivity index (χ3n) is 10.5. The number of hydrogen-bond donors (Lipinski definition) is 0. The van der Waals surface area contributed by atoms with E-state index in [1.165, 1.54) is 65.3 Å². The predicted octanol–water partition coefficient (Wildman–Crippen LogP) is 14.0. The molecule has 10 aromatic rings. The van der Waals surface area contributed by atoms with E-state index in [1.54, 1.807) is 0 Å². The van der Waals surface area contributed by atoms with Gasteiger partial charge in [0.25, 0.3) is 0 Å². The molecule has 0 aliphatic heterocycles. The molecular weight excluding hydrogens is 619 g/mol. The molecule has 0 unspecified atom stereocenters. The van der Waals surface area contributed by atoms with Crippen LogP contribution in [0.3, 0.4) is 0 Å². The quantitative estimate of drug-likeness (QED) is 0.169. The Hall–Kier alpha value is -6.64. The minimum Gasteiger partial charge on any atom is -0.456 e. The summed E-state index contributed by atoms with van der Waals surface area (Å²) in [6.45, 7) is 6.35. The Bertz CT molecular complexity index is 2990. The number of furan rings is 1. The second-order valence-corrected chi connectivity index (χ2v) is 13.2. The summed E-state index contributed by atoms with van der Waals surface area (Å²) in [6, 6.07) is 54.8. The van der Waals surface area contributed by atoms with E-state index in [-0.39, 0.29) is 0 Å². The highest BCUT2D eigenvalue weighted by Gasteiger charge is 2.21. The van der Waals surface area contributed by atoms with Crippen LogP contribution in [0, 0.1) is 0 Å². The lowest BCUT2D eigenvalue weighted by Gasteiger charge is -2.18. The van der Waals surface area contributed by atoms with Crippen molar-refractivity contribution in [3.05, 3.63) is 176 Å². The lowest BCUT2D eigenvalue weighted by Crippen LogP contribution is -1.96. The summed E-state index contributed by atoms with van der Waals surface area (Å²) in [5.41, 5.74) is 11.2. The van der Waals surface area contributed by atoms with E-state index in [2.05, 4.69) is 182 Å². The SMILES string of the molecule is C=Cc1c(/C=C\C)n(-c2ccccc2)c2ccc(-c3c4ccccc4c(-c4ccc5oc6ccc7ccccc7c6c5c4)c4ccccc34)cc12. The van der Waals surface area contributed by atoms with Crippen molar-refractivity contribution in [1.82, 2.24) is 4.57 Å². The Labute approximate surface area is 295 Å². The third-order valence-corrected chi connectivity index (χ3v) is 10.5. The summed E-state index contributed by atoms with van der Waals surface area (Å²) in [5, 5.41) is 10.8. The Morgan fingerprint density at radius 2 is 1.10 bits per heavy atom. The van der Waals surface area contributed by atoms with Gasteiger partial charge in [-0.15, -0.1) is 0 Å². The molecular formula is C49H33NO. The van der Waals surface area contributed by atoms with Crippen molar-refractivity contribution in [2.75, 3.05) is 0 Å². The first kappa shape index (κ1) is 29.3. The summed E-state index contributed by atoms with van der Waals surface area (Å²) in [5.74, 6) is 0. The number of fused-ring (bicyclic) bond motifs is 8. The molecule has 0 saturated carbocycles. The molecule has 0 fully saturated rings. The molecule has 2 nitrogen and oxygen atoms in total. The van der Waals surface area contributed by atoms with Gasteiger partial charge in [-0.05, 0) is 110 Å². The molecule has 2 heteroatoms. The van der Waals surface area contributed by atoms with Crippen molar-refractivity contribution in [2.24, 2.45) is 0 Å². The van der Waals surface area contributed by atoms with Crippen LogP contribution in [0.15, 0.2) is 169 Å². The Morgan fingerprint density at radius 3 is 1.75 bits per heavy atom. The molecule has 51 heavy (non-hydrogen) atoms. The fourth-order valence-corrected chi connectivity index (χ4v) is 8.34. The molecule has 0 amide bonds. The molecule has 0 aliphatic carbocycles. The topological polar surface area (TPSA) is 18.1 Å². The molecule has 240 valence electrons. The van der Waals surface area contributed by atoms with Gasteiger partial charge in [0.1, 0.15) is 11.2 Å². The van der Waals surface area contributed by atoms with Crippen molar-refractivity contribution in [3.8, 4) is 27.9 Å². The highest BCUT2D eigenvalue weighted by atomic mass is 16.3. The van der Waals surface area contributed by atoms with Crippen LogP contribution in [0.2, 0.25) is 0 Å². The normalized spacial score (nSPS) is 12.0. The van der Waals surface area contributed by atoms with Gasteiger partial charge in [0.15, 0.2) is 0 Å². The smallest absolute Gasteiger partial charge is 0.136 e. The second kappa shape index (κ2) is 11.5. The van der Waals surface area contributed by atoms with E-state index in [0.717, 1.165) is 39.0 Å². The zero-order valence-electron chi connectivity index (χ0n) is 28.2. The van der Waals surface area contributed by atoms with Crippen molar-refractivity contribution >= 4 is 77.3 Å². The van der Waals surface area contributed by atoms with Gasteiger partial charge >= 0.3 is 0 Å². The van der Waals surface area contributed by atoms with Crippen LogP contribution in [0.1, 0.15) is 18.2 Å². The maximum atomic E-state index is 6.40. The van der Waals surface area contributed by atoms with E-state index < -0.39 is 0 Å². The van der Waals surface area contributed by atoms with Crippen molar-refractivity contribution in [3.63, 3.8) is 0 Å². The Kier molecular flexibility index (Phi) is 6.59. The number of rotatable bonds is 5. The maximum Gasteiger partial charge on any atom is 0.136 e. The van der Waals surface area contributed by atoms with Gasteiger partial charge in [0.05, 0.1) is 11.2 Å². The van der Waals surface area contributed by atoms with Crippen molar-refractivity contribution in [1.29, 1.82) is 0 Å². The molecule has 0 radical (unpaired) electrons. The largest absolute Gasteiger partial charge is 0.456 e.